The summed E-state index contributed by atoms with van der Waals surface area (Å²) in [6.45, 7) is 1.27. The second-order valence-electron chi connectivity index (χ2n) is 5.18. The topological polar surface area (TPSA) is 100 Å². The first kappa shape index (κ1) is 17.2. The van der Waals surface area contributed by atoms with Crippen LogP contribution in [0.5, 0.6) is 5.75 Å². The van der Waals surface area contributed by atoms with E-state index in [-0.39, 0.29) is 11.4 Å². The first-order valence-electron chi connectivity index (χ1n) is 7.51. The minimum atomic E-state index is 0.121. The van der Waals surface area contributed by atoms with Crippen LogP contribution in [0.4, 0.5) is 5.69 Å². The summed E-state index contributed by atoms with van der Waals surface area (Å²) in [5.74, 6) is 5.97. The molecule has 0 fully saturated rings. The SMILES string of the molecule is CN(CCOc1cccc(/C(N)=C(\C#N)NN)c1)c1ccccc1. The number of nitrogens with zero attached hydrogens (tertiary/aromatic N) is 2. The van der Waals surface area contributed by atoms with Crippen LogP contribution < -0.4 is 26.6 Å². The average Bonchev–Trinajstić information content (AvgIpc) is 2.63. The lowest BCUT2D eigenvalue weighted by molar-refractivity contribution is 0.326. The van der Waals surface area contributed by atoms with Crippen molar-refractivity contribution in [3.8, 4) is 11.8 Å². The third-order valence-corrected chi connectivity index (χ3v) is 3.56. The van der Waals surface area contributed by atoms with Gasteiger partial charge < -0.3 is 20.8 Å². The fourth-order valence-corrected chi connectivity index (χ4v) is 2.18. The molecular weight excluding hydrogens is 302 g/mol. The molecule has 0 saturated heterocycles. The first-order valence-corrected chi connectivity index (χ1v) is 7.51. The molecule has 0 atom stereocenters. The molecule has 6 nitrogen and oxygen atoms in total. The maximum absolute atomic E-state index is 8.97. The Labute approximate surface area is 141 Å². The highest BCUT2D eigenvalue weighted by atomic mass is 16.5. The van der Waals surface area contributed by atoms with Gasteiger partial charge in [-0.05, 0) is 24.3 Å². The third-order valence-electron chi connectivity index (χ3n) is 3.56. The van der Waals surface area contributed by atoms with Crippen LogP contribution in [-0.4, -0.2) is 20.2 Å². The van der Waals surface area contributed by atoms with E-state index in [0.717, 1.165) is 12.2 Å². The average molecular weight is 323 g/mol. The van der Waals surface area contributed by atoms with E-state index in [0.29, 0.717) is 17.9 Å². The number of hydrogen-bond donors (Lipinski definition) is 3. The molecular formula is C18H21N5O. The number of ether oxygens (including phenoxy) is 1. The van der Waals surface area contributed by atoms with Gasteiger partial charge in [-0.2, -0.15) is 5.26 Å². The quantitative estimate of drug-likeness (QED) is 0.408. The smallest absolute Gasteiger partial charge is 0.151 e. The molecule has 0 saturated carbocycles. The minimum Gasteiger partial charge on any atom is -0.492 e. The van der Waals surface area contributed by atoms with E-state index in [1.165, 1.54) is 0 Å². The molecule has 124 valence electrons. The molecule has 0 bridgehead atoms. The van der Waals surface area contributed by atoms with Crippen molar-refractivity contribution in [3.05, 3.63) is 65.9 Å². The van der Waals surface area contributed by atoms with E-state index in [2.05, 4.69) is 22.5 Å². The summed E-state index contributed by atoms with van der Waals surface area (Å²) in [6, 6.07) is 19.3. The van der Waals surface area contributed by atoms with E-state index in [1.54, 1.807) is 12.1 Å². The summed E-state index contributed by atoms with van der Waals surface area (Å²) >= 11 is 0. The number of anilines is 1. The monoisotopic (exact) mass is 323 g/mol. The molecule has 0 aliphatic carbocycles. The van der Waals surface area contributed by atoms with E-state index >= 15 is 0 Å². The molecule has 0 aliphatic heterocycles. The molecule has 24 heavy (non-hydrogen) atoms. The van der Waals surface area contributed by atoms with Crippen LogP contribution in [0.1, 0.15) is 5.56 Å². The van der Waals surface area contributed by atoms with Gasteiger partial charge in [-0.25, -0.2) is 5.84 Å². The van der Waals surface area contributed by atoms with Gasteiger partial charge >= 0.3 is 0 Å². The normalized spacial score (nSPS) is 11.2. The van der Waals surface area contributed by atoms with E-state index in [9.17, 15) is 0 Å². The number of hydrazine groups is 1. The summed E-state index contributed by atoms with van der Waals surface area (Å²) in [6.07, 6.45) is 0. The number of allylic oxidation sites excluding steroid dienone is 1. The fourth-order valence-electron chi connectivity index (χ4n) is 2.18. The van der Waals surface area contributed by atoms with E-state index in [4.69, 9.17) is 21.6 Å². The summed E-state index contributed by atoms with van der Waals surface area (Å²) in [5, 5.41) is 8.97. The fraction of sp³-hybridized carbons (Fsp3) is 0.167. The minimum absolute atomic E-state index is 0.121. The third kappa shape index (κ3) is 4.41. The largest absolute Gasteiger partial charge is 0.492 e. The first-order chi connectivity index (χ1) is 11.7. The van der Waals surface area contributed by atoms with Crippen LogP contribution >= 0.6 is 0 Å². The van der Waals surface area contributed by atoms with Gasteiger partial charge in [-0.1, -0.05) is 30.3 Å². The summed E-state index contributed by atoms with van der Waals surface area (Å²) in [7, 11) is 2.02. The van der Waals surface area contributed by atoms with Gasteiger partial charge in [-0.3, -0.25) is 0 Å². The van der Waals surface area contributed by atoms with Crippen molar-refractivity contribution in [1.82, 2.24) is 5.43 Å². The Balaban J connectivity index is 1.98. The highest BCUT2D eigenvalue weighted by Crippen LogP contribution is 2.19. The molecule has 0 aromatic heterocycles. The lowest BCUT2D eigenvalue weighted by Gasteiger charge is -2.19. The maximum Gasteiger partial charge on any atom is 0.151 e. The highest BCUT2D eigenvalue weighted by Gasteiger charge is 2.06. The number of para-hydroxylation sites is 1. The van der Waals surface area contributed by atoms with Crippen molar-refractivity contribution in [2.75, 3.05) is 25.1 Å². The summed E-state index contributed by atoms with van der Waals surface area (Å²) in [5.41, 5.74) is 10.4. The highest BCUT2D eigenvalue weighted by molar-refractivity contribution is 5.69. The Morgan fingerprint density at radius 2 is 1.96 bits per heavy atom. The van der Waals surface area contributed by atoms with Gasteiger partial charge in [-0.15, -0.1) is 0 Å². The van der Waals surface area contributed by atoms with Crippen molar-refractivity contribution >= 4 is 11.4 Å². The zero-order valence-electron chi connectivity index (χ0n) is 13.6. The lowest BCUT2D eigenvalue weighted by atomic mass is 10.1. The summed E-state index contributed by atoms with van der Waals surface area (Å²) < 4.78 is 5.78. The van der Waals surface area contributed by atoms with E-state index < -0.39 is 0 Å². The van der Waals surface area contributed by atoms with Gasteiger partial charge in [0.25, 0.3) is 0 Å². The zero-order chi connectivity index (χ0) is 17.4. The maximum atomic E-state index is 8.97. The van der Waals surface area contributed by atoms with Crippen LogP contribution in [-0.2, 0) is 0 Å². The van der Waals surface area contributed by atoms with Crippen molar-refractivity contribution in [3.63, 3.8) is 0 Å². The standard InChI is InChI=1S/C18H21N5O/c1-23(15-7-3-2-4-8-15)10-11-24-16-9-5-6-14(12-16)18(20)17(13-19)22-21/h2-9,12,22H,10-11,20-21H2,1H3/b18-17-. The van der Waals surface area contributed by atoms with Gasteiger partial charge in [0.2, 0.25) is 0 Å². The van der Waals surface area contributed by atoms with Gasteiger partial charge in [0.05, 0.1) is 12.2 Å². The lowest BCUT2D eigenvalue weighted by Crippen LogP contribution is -2.24. The van der Waals surface area contributed by atoms with Crippen LogP contribution in [0.3, 0.4) is 0 Å². The predicted molar refractivity (Wildman–Crippen MR) is 95.7 cm³/mol. The number of benzene rings is 2. The van der Waals surface area contributed by atoms with Crippen molar-refractivity contribution < 1.29 is 4.74 Å². The van der Waals surface area contributed by atoms with Gasteiger partial charge in [0, 0.05) is 18.3 Å². The Kier molecular flexibility index (Phi) is 6.06. The molecule has 0 spiro atoms. The summed E-state index contributed by atoms with van der Waals surface area (Å²) in [4.78, 5) is 2.12. The number of likely N-dealkylation sites (N-methyl/N-ethyl adjacent to an activating group) is 1. The van der Waals surface area contributed by atoms with Crippen LogP contribution in [0.25, 0.3) is 5.70 Å². The molecule has 0 amide bonds. The van der Waals surface area contributed by atoms with Crippen molar-refractivity contribution in [1.29, 1.82) is 5.26 Å². The van der Waals surface area contributed by atoms with Gasteiger partial charge in [0.1, 0.15) is 18.4 Å². The molecule has 0 radical (unpaired) electrons. The molecule has 0 heterocycles. The van der Waals surface area contributed by atoms with Gasteiger partial charge in [0.15, 0.2) is 5.70 Å². The molecule has 6 heteroatoms. The molecule has 0 unspecified atom stereocenters. The van der Waals surface area contributed by atoms with Crippen LogP contribution in [0, 0.1) is 11.3 Å². The Morgan fingerprint density at radius 3 is 2.62 bits per heavy atom. The van der Waals surface area contributed by atoms with Crippen molar-refractivity contribution in [2.24, 2.45) is 11.6 Å². The number of nitriles is 1. The number of nitrogens with two attached hydrogens (primary N) is 2. The second-order valence-corrected chi connectivity index (χ2v) is 5.18. The van der Waals surface area contributed by atoms with Crippen LogP contribution in [0.15, 0.2) is 60.3 Å². The number of nitrogens with one attached hydrogen (secondary N) is 1. The molecule has 2 aromatic rings. The Morgan fingerprint density at radius 1 is 1.21 bits per heavy atom. The van der Waals surface area contributed by atoms with Crippen molar-refractivity contribution in [2.45, 2.75) is 0 Å². The Bertz CT molecular complexity index is 737. The number of rotatable bonds is 7. The molecule has 2 aromatic carbocycles. The van der Waals surface area contributed by atoms with E-state index in [1.807, 2.05) is 43.4 Å². The predicted octanol–water partition coefficient (Wildman–Crippen LogP) is 1.82. The van der Waals surface area contributed by atoms with Crippen LogP contribution in [0.2, 0.25) is 0 Å². The Hall–Kier alpha value is -3.17. The molecule has 0 aliphatic rings. The number of hydrogen-bond acceptors (Lipinski definition) is 6. The molecule has 5 N–H and O–H groups in total. The second kappa shape index (κ2) is 8.46. The zero-order valence-corrected chi connectivity index (χ0v) is 13.6. The molecule has 2 rings (SSSR count).